The highest BCUT2D eigenvalue weighted by molar-refractivity contribution is 14.0. The highest BCUT2D eigenvalue weighted by Crippen LogP contribution is 2.29. The third kappa shape index (κ3) is 5.79. The number of aliphatic imine (C=N–C) groups is 1. The van der Waals surface area contributed by atoms with Crippen LogP contribution in [0.3, 0.4) is 0 Å². The predicted octanol–water partition coefficient (Wildman–Crippen LogP) is 3.83. The first-order chi connectivity index (χ1) is 13.4. The maximum Gasteiger partial charge on any atom is 0.191 e. The number of nitrogens with zero attached hydrogens (tertiary/aromatic N) is 4. The number of guanidine groups is 1. The van der Waals surface area contributed by atoms with E-state index in [2.05, 4.69) is 39.7 Å². The van der Waals surface area contributed by atoms with Crippen molar-refractivity contribution in [3.63, 3.8) is 0 Å². The summed E-state index contributed by atoms with van der Waals surface area (Å²) in [6, 6.07) is 10.3. The van der Waals surface area contributed by atoms with E-state index in [1.807, 2.05) is 28.8 Å². The second kappa shape index (κ2) is 10.2. The highest BCUT2D eigenvalue weighted by atomic mass is 127. The molecule has 156 valence electrons. The minimum Gasteiger partial charge on any atom is -0.356 e. The van der Waals surface area contributed by atoms with Crippen LogP contribution in [0.25, 0.3) is 5.65 Å². The number of pyridine rings is 1. The lowest BCUT2D eigenvalue weighted by atomic mass is 9.84. The van der Waals surface area contributed by atoms with Crippen molar-refractivity contribution in [1.82, 2.24) is 25.2 Å². The zero-order valence-corrected chi connectivity index (χ0v) is 19.7. The van der Waals surface area contributed by atoms with Crippen LogP contribution in [0.5, 0.6) is 0 Å². The summed E-state index contributed by atoms with van der Waals surface area (Å²) in [6.45, 7) is 5.35. The van der Waals surface area contributed by atoms with Crippen molar-refractivity contribution in [2.24, 2.45) is 4.99 Å². The fourth-order valence-corrected chi connectivity index (χ4v) is 3.44. The molecule has 0 radical (unpaired) electrons. The number of benzene rings is 1. The fraction of sp³-hybridized carbons (Fsp3) is 0.350. The Morgan fingerprint density at radius 2 is 2.00 bits per heavy atom. The Balaban J connectivity index is 0.00000300. The summed E-state index contributed by atoms with van der Waals surface area (Å²) >= 11 is 6.22. The predicted molar refractivity (Wildman–Crippen MR) is 126 cm³/mol. The van der Waals surface area contributed by atoms with Gasteiger partial charge in [0.15, 0.2) is 11.6 Å². The second-order valence-electron chi connectivity index (χ2n) is 7.16. The molecule has 0 spiro atoms. The van der Waals surface area contributed by atoms with E-state index in [-0.39, 0.29) is 35.2 Å². The molecule has 0 aliphatic rings. The molecule has 0 saturated carbocycles. The van der Waals surface area contributed by atoms with Gasteiger partial charge in [0.2, 0.25) is 0 Å². The van der Waals surface area contributed by atoms with Gasteiger partial charge >= 0.3 is 0 Å². The van der Waals surface area contributed by atoms with Gasteiger partial charge in [-0.05, 0) is 29.8 Å². The molecule has 9 heteroatoms. The molecular weight excluding hydrogens is 506 g/mol. The molecule has 0 aliphatic carbocycles. The standard InChI is InChI=1S/C20H24ClFN6.HI/c1-20(2,15-8-7-14(22)12-16(15)21)13-25-19(23-3)24-10-9-18-27-26-17-6-4-5-11-28(17)18;/h4-8,11-12H,9-10,13H2,1-3H3,(H2,23,24,25);1H. The normalized spacial score (nSPS) is 12.0. The van der Waals surface area contributed by atoms with Gasteiger partial charge in [0.05, 0.1) is 0 Å². The molecule has 0 saturated heterocycles. The summed E-state index contributed by atoms with van der Waals surface area (Å²) < 4.78 is 15.3. The molecular formula is C20H25ClFIN6. The smallest absolute Gasteiger partial charge is 0.191 e. The van der Waals surface area contributed by atoms with Crippen LogP contribution < -0.4 is 10.6 Å². The zero-order chi connectivity index (χ0) is 20.1. The van der Waals surface area contributed by atoms with Crippen LogP contribution in [0.1, 0.15) is 25.2 Å². The molecule has 0 amide bonds. The SMILES string of the molecule is CN=C(NCCc1nnc2ccccn12)NCC(C)(C)c1ccc(F)cc1Cl.I. The van der Waals surface area contributed by atoms with Gasteiger partial charge in [-0.25, -0.2) is 4.39 Å². The van der Waals surface area contributed by atoms with Gasteiger partial charge in [-0.1, -0.05) is 37.6 Å². The van der Waals surface area contributed by atoms with Gasteiger partial charge < -0.3 is 10.6 Å². The molecule has 3 aromatic rings. The third-order valence-corrected chi connectivity index (χ3v) is 4.92. The van der Waals surface area contributed by atoms with Crippen molar-refractivity contribution in [2.45, 2.75) is 25.7 Å². The van der Waals surface area contributed by atoms with Crippen molar-refractivity contribution in [3.05, 3.63) is 64.8 Å². The van der Waals surface area contributed by atoms with Crippen LogP contribution in [0.2, 0.25) is 5.02 Å². The van der Waals surface area contributed by atoms with Crippen molar-refractivity contribution in [1.29, 1.82) is 0 Å². The monoisotopic (exact) mass is 530 g/mol. The van der Waals surface area contributed by atoms with Crippen molar-refractivity contribution in [3.8, 4) is 0 Å². The molecule has 0 atom stereocenters. The topological polar surface area (TPSA) is 66.6 Å². The summed E-state index contributed by atoms with van der Waals surface area (Å²) in [6.07, 6.45) is 2.66. The minimum atomic E-state index is -0.337. The Morgan fingerprint density at radius 1 is 1.21 bits per heavy atom. The van der Waals surface area contributed by atoms with Gasteiger partial charge in [-0.3, -0.25) is 9.39 Å². The molecule has 1 aromatic carbocycles. The lowest BCUT2D eigenvalue weighted by Gasteiger charge is -2.27. The van der Waals surface area contributed by atoms with E-state index < -0.39 is 0 Å². The maximum absolute atomic E-state index is 13.3. The Kier molecular flexibility index (Phi) is 8.21. The fourth-order valence-electron chi connectivity index (χ4n) is 3.01. The number of rotatable bonds is 6. The van der Waals surface area contributed by atoms with E-state index in [9.17, 15) is 4.39 Å². The molecule has 6 nitrogen and oxygen atoms in total. The highest BCUT2D eigenvalue weighted by Gasteiger charge is 2.24. The van der Waals surface area contributed by atoms with E-state index >= 15 is 0 Å². The molecule has 3 rings (SSSR count). The van der Waals surface area contributed by atoms with Crippen LogP contribution in [0.15, 0.2) is 47.6 Å². The van der Waals surface area contributed by atoms with E-state index in [1.165, 1.54) is 12.1 Å². The third-order valence-electron chi connectivity index (χ3n) is 4.61. The molecule has 0 aliphatic heterocycles. The molecule has 2 N–H and O–H groups in total. The molecule has 0 fully saturated rings. The Morgan fingerprint density at radius 3 is 2.72 bits per heavy atom. The van der Waals surface area contributed by atoms with Crippen molar-refractivity contribution >= 4 is 47.2 Å². The van der Waals surface area contributed by atoms with Crippen molar-refractivity contribution < 1.29 is 4.39 Å². The van der Waals surface area contributed by atoms with Gasteiger partial charge in [-0.15, -0.1) is 34.2 Å². The lowest BCUT2D eigenvalue weighted by molar-refractivity contribution is 0.507. The Hall–Kier alpha value is -1.94. The molecule has 2 heterocycles. The second-order valence-corrected chi connectivity index (χ2v) is 7.56. The number of halogens is 3. The van der Waals surface area contributed by atoms with E-state index in [0.717, 1.165) is 17.0 Å². The van der Waals surface area contributed by atoms with Gasteiger partial charge in [0, 0.05) is 43.2 Å². The van der Waals surface area contributed by atoms with Gasteiger partial charge in [0.1, 0.15) is 11.6 Å². The number of aromatic nitrogens is 3. The van der Waals surface area contributed by atoms with Crippen LogP contribution in [0, 0.1) is 5.82 Å². The summed E-state index contributed by atoms with van der Waals surface area (Å²) in [7, 11) is 1.72. The average Bonchev–Trinajstić information content (AvgIpc) is 3.07. The van der Waals surface area contributed by atoms with Crippen LogP contribution in [-0.4, -0.2) is 40.7 Å². The lowest BCUT2D eigenvalue weighted by Crippen LogP contribution is -2.44. The summed E-state index contributed by atoms with van der Waals surface area (Å²) in [5.41, 5.74) is 1.41. The minimum absolute atomic E-state index is 0. The first-order valence-corrected chi connectivity index (χ1v) is 9.47. The van der Waals surface area contributed by atoms with Crippen LogP contribution in [-0.2, 0) is 11.8 Å². The maximum atomic E-state index is 13.3. The molecule has 2 aromatic heterocycles. The van der Waals surface area contributed by atoms with Crippen LogP contribution >= 0.6 is 35.6 Å². The van der Waals surface area contributed by atoms with Gasteiger partial charge in [0.25, 0.3) is 0 Å². The first kappa shape index (κ1) is 23.3. The Bertz CT molecular complexity index is 988. The number of nitrogens with one attached hydrogen (secondary N) is 2. The summed E-state index contributed by atoms with van der Waals surface area (Å²) in [5.74, 6) is 1.23. The molecule has 0 bridgehead atoms. The van der Waals surface area contributed by atoms with E-state index in [1.54, 1.807) is 13.1 Å². The molecule has 29 heavy (non-hydrogen) atoms. The van der Waals surface area contributed by atoms with Crippen molar-refractivity contribution in [2.75, 3.05) is 20.1 Å². The largest absolute Gasteiger partial charge is 0.356 e. The first-order valence-electron chi connectivity index (χ1n) is 9.09. The summed E-state index contributed by atoms with van der Waals surface area (Å²) in [5, 5.41) is 15.4. The summed E-state index contributed by atoms with van der Waals surface area (Å²) in [4.78, 5) is 4.26. The Labute approximate surface area is 192 Å². The quantitative estimate of drug-likeness (QED) is 0.289. The number of fused-ring (bicyclic) bond motifs is 1. The number of hydrogen-bond donors (Lipinski definition) is 2. The van der Waals surface area contributed by atoms with E-state index in [4.69, 9.17) is 11.6 Å². The van der Waals surface area contributed by atoms with E-state index in [0.29, 0.717) is 30.5 Å². The zero-order valence-electron chi connectivity index (χ0n) is 16.6. The van der Waals surface area contributed by atoms with Crippen LogP contribution in [0.4, 0.5) is 4.39 Å². The molecule has 0 unspecified atom stereocenters. The number of hydrogen-bond acceptors (Lipinski definition) is 3. The average molecular weight is 531 g/mol. The van der Waals surface area contributed by atoms with Gasteiger partial charge in [-0.2, -0.15) is 0 Å².